The lowest BCUT2D eigenvalue weighted by Gasteiger charge is -2.18. The van der Waals surface area contributed by atoms with Crippen LogP contribution in [0.5, 0.6) is 0 Å². The van der Waals surface area contributed by atoms with E-state index in [2.05, 4.69) is 15.3 Å². The Bertz CT molecular complexity index is 1530. The second-order valence-corrected chi connectivity index (χ2v) is 7.91. The van der Waals surface area contributed by atoms with Crippen molar-refractivity contribution >= 4 is 22.8 Å². The first kappa shape index (κ1) is 20.7. The molecule has 6 rings (SSSR count). The summed E-state index contributed by atoms with van der Waals surface area (Å²) in [5, 5.41) is 3.55. The molecule has 7 heteroatoms. The van der Waals surface area contributed by atoms with Crippen LogP contribution in [-0.2, 0) is 4.79 Å². The molecule has 4 heterocycles. The molecule has 0 atom stereocenters. The zero-order valence-electron chi connectivity index (χ0n) is 18.4. The summed E-state index contributed by atoms with van der Waals surface area (Å²) < 4.78 is 17.4. The Morgan fingerprint density at radius 3 is 1.97 bits per heavy atom. The van der Waals surface area contributed by atoms with Gasteiger partial charge in [-0.2, -0.15) is 0 Å². The quantitative estimate of drug-likeness (QED) is 0.304. The largest absolute Gasteiger partial charge is 0.464 e. The highest BCUT2D eigenvalue weighted by atomic mass is 16.4. The number of carbonyl (C=O) groups excluding carboxylic acids is 1. The minimum Gasteiger partial charge on any atom is -0.464 e. The number of rotatable bonds is 6. The molecule has 170 valence electrons. The average Bonchev–Trinajstić information content (AvgIpc) is 3.66. The zero-order valence-corrected chi connectivity index (χ0v) is 18.4. The first-order valence-corrected chi connectivity index (χ1v) is 11.1. The summed E-state index contributed by atoms with van der Waals surface area (Å²) in [6, 6.07) is 26.4. The van der Waals surface area contributed by atoms with Crippen LogP contribution < -0.4 is 5.32 Å². The number of furan rings is 3. The minimum absolute atomic E-state index is 0.228. The van der Waals surface area contributed by atoms with Crippen molar-refractivity contribution in [3.05, 3.63) is 115 Å². The number of hydrogen-bond donors (Lipinski definition) is 1. The Kier molecular flexibility index (Phi) is 5.20. The molecule has 0 saturated heterocycles. The Morgan fingerprint density at radius 2 is 1.37 bits per heavy atom. The monoisotopic (exact) mass is 461 g/mol. The van der Waals surface area contributed by atoms with Crippen molar-refractivity contribution in [1.82, 2.24) is 9.97 Å². The van der Waals surface area contributed by atoms with Crippen LogP contribution in [0, 0.1) is 0 Å². The van der Waals surface area contributed by atoms with Gasteiger partial charge in [0, 0.05) is 0 Å². The Hall–Kier alpha value is -4.91. The number of fused-ring (bicyclic) bond motifs is 1. The van der Waals surface area contributed by atoms with E-state index < -0.39 is 5.92 Å². The third-order valence-electron chi connectivity index (χ3n) is 5.77. The van der Waals surface area contributed by atoms with E-state index in [1.54, 1.807) is 30.7 Å². The molecule has 0 saturated carbocycles. The van der Waals surface area contributed by atoms with Gasteiger partial charge in [0.15, 0.2) is 11.5 Å². The van der Waals surface area contributed by atoms with Crippen molar-refractivity contribution in [2.24, 2.45) is 0 Å². The maximum atomic E-state index is 13.7. The molecule has 0 unspecified atom stereocenters. The van der Waals surface area contributed by atoms with E-state index in [4.69, 9.17) is 13.3 Å². The molecular weight excluding hydrogens is 442 g/mol. The van der Waals surface area contributed by atoms with Gasteiger partial charge in [0.2, 0.25) is 11.6 Å². The van der Waals surface area contributed by atoms with Crippen molar-refractivity contribution < 1.29 is 18.0 Å². The van der Waals surface area contributed by atoms with Crippen LogP contribution >= 0.6 is 0 Å². The second kappa shape index (κ2) is 8.79. The molecule has 2 aromatic carbocycles. The van der Waals surface area contributed by atoms with Crippen LogP contribution in [0.15, 0.2) is 117 Å². The van der Waals surface area contributed by atoms with Crippen LogP contribution in [-0.4, -0.2) is 15.9 Å². The molecule has 0 spiro atoms. The maximum absolute atomic E-state index is 13.7. The number of nitrogens with one attached hydrogen (secondary N) is 1. The van der Waals surface area contributed by atoms with Gasteiger partial charge in [-0.05, 0) is 35.4 Å². The van der Waals surface area contributed by atoms with E-state index >= 15 is 0 Å². The summed E-state index contributed by atoms with van der Waals surface area (Å²) in [4.78, 5) is 22.5. The molecule has 35 heavy (non-hydrogen) atoms. The molecule has 0 radical (unpaired) electrons. The fraction of sp³-hybridized carbons (Fsp3) is 0.0357. The Balaban J connectivity index is 1.48. The molecular formula is C28H19N3O4. The summed E-state index contributed by atoms with van der Waals surface area (Å²) in [5.41, 5.74) is 2.66. The molecule has 7 nitrogen and oxygen atoms in total. The van der Waals surface area contributed by atoms with Gasteiger partial charge in [-0.1, -0.05) is 60.7 Å². The number of amides is 1. The number of hydrogen-bond acceptors (Lipinski definition) is 6. The van der Waals surface area contributed by atoms with Crippen molar-refractivity contribution in [1.29, 1.82) is 0 Å². The highest BCUT2D eigenvalue weighted by Gasteiger charge is 2.28. The van der Waals surface area contributed by atoms with Crippen LogP contribution in [0.3, 0.4) is 0 Å². The van der Waals surface area contributed by atoms with Gasteiger partial charge in [0.1, 0.15) is 17.9 Å². The SMILES string of the molecule is O=C(Nc1ncnc2oc(-c3ccco3)c(-c3ccco3)c12)C(c1ccccc1)c1ccccc1. The zero-order chi connectivity index (χ0) is 23.6. The maximum Gasteiger partial charge on any atom is 0.237 e. The summed E-state index contributed by atoms with van der Waals surface area (Å²) in [6.45, 7) is 0. The molecule has 0 aliphatic rings. The molecule has 6 aromatic rings. The van der Waals surface area contributed by atoms with Crippen LogP contribution in [0.2, 0.25) is 0 Å². The van der Waals surface area contributed by atoms with E-state index in [-0.39, 0.29) is 5.91 Å². The minimum atomic E-state index is -0.536. The summed E-state index contributed by atoms with van der Waals surface area (Å²) in [6.07, 6.45) is 4.50. The van der Waals surface area contributed by atoms with Crippen molar-refractivity contribution in [3.63, 3.8) is 0 Å². The molecule has 4 aromatic heterocycles. The summed E-state index contributed by atoms with van der Waals surface area (Å²) in [5.74, 6) is 1.06. The van der Waals surface area contributed by atoms with E-state index in [1.165, 1.54) is 6.33 Å². The molecule has 0 bridgehead atoms. The van der Waals surface area contributed by atoms with Crippen LogP contribution in [0.1, 0.15) is 17.0 Å². The predicted molar refractivity (Wildman–Crippen MR) is 131 cm³/mol. The number of aromatic nitrogens is 2. The standard InChI is InChI=1S/C28H19N3O4/c32-27(22(18-9-3-1-4-10-18)19-11-5-2-6-12-19)31-26-24-23(20-13-7-15-33-20)25(21-14-8-16-34-21)35-28(24)30-17-29-26/h1-17,22H,(H,29,30,31,32). The van der Waals surface area contributed by atoms with E-state index in [9.17, 15) is 4.79 Å². The van der Waals surface area contributed by atoms with Gasteiger partial charge in [-0.25, -0.2) is 9.97 Å². The van der Waals surface area contributed by atoms with Crippen molar-refractivity contribution in [2.45, 2.75) is 5.92 Å². The summed E-state index contributed by atoms with van der Waals surface area (Å²) >= 11 is 0. The van der Waals surface area contributed by atoms with Gasteiger partial charge in [0.05, 0.1) is 29.4 Å². The molecule has 0 aliphatic heterocycles. The fourth-order valence-corrected chi connectivity index (χ4v) is 4.24. The number of nitrogens with zero attached hydrogens (tertiary/aromatic N) is 2. The van der Waals surface area contributed by atoms with Crippen molar-refractivity contribution in [3.8, 4) is 22.8 Å². The fourth-order valence-electron chi connectivity index (χ4n) is 4.24. The van der Waals surface area contributed by atoms with E-state index in [1.807, 2.05) is 66.7 Å². The molecule has 0 fully saturated rings. The average molecular weight is 461 g/mol. The van der Waals surface area contributed by atoms with Crippen LogP contribution in [0.4, 0.5) is 5.82 Å². The first-order chi connectivity index (χ1) is 17.3. The smallest absolute Gasteiger partial charge is 0.237 e. The summed E-state index contributed by atoms with van der Waals surface area (Å²) in [7, 11) is 0. The van der Waals surface area contributed by atoms with Crippen LogP contribution in [0.25, 0.3) is 33.9 Å². The van der Waals surface area contributed by atoms with Gasteiger partial charge >= 0.3 is 0 Å². The van der Waals surface area contributed by atoms with E-state index in [0.717, 1.165) is 11.1 Å². The number of anilines is 1. The highest BCUT2D eigenvalue weighted by Crippen LogP contribution is 2.43. The first-order valence-electron chi connectivity index (χ1n) is 11.1. The predicted octanol–water partition coefficient (Wildman–Crippen LogP) is 6.51. The van der Waals surface area contributed by atoms with E-state index in [0.29, 0.717) is 39.8 Å². The molecule has 0 aliphatic carbocycles. The number of carbonyl (C=O) groups is 1. The lowest BCUT2D eigenvalue weighted by molar-refractivity contribution is -0.116. The molecule has 1 N–H and O–H groups in total. The third-order valence-corrected chi connectivity index (χ3v) is 5.77. The lowest BCUT2D eigenvalue weighted by Crippen LogP contribution is -2.23. The molecule has 1 amide bonds. The van der Waals surface area contributed by atoms with Gasteiger partial charge < -0.3 is 18.6 Å². The Morgan fingerprint density at radius 1 is 0.743 bits per heavy atom. The van der Waals surface area contributed by atoms with Gasteiger partial charge in [-0.3, -0.25) is 4.79 Å². The van der Waals surface area contributed by atoms with Crippen molar-refractivity contribution in [2.75, 3.05) is 5.32 Å². The Labute approximate surface area is 200 Å². The number of benzene rings is 2. The highest BCUT2D eigenvalue weighted by molar-refractivity contribution is 6.09. The third kappa shape index (κ3) is 3.79. The second-order valence-electron chi connectivity index (χ2n) is 7.91. The van der Waals surface area contributed by atoms with Gasteiger partial charge in [-0.15, -0.1) is 0 Å². The lowest BCUT2D eigenvalue weighted by atomic mass is 9.90. The van der Waals surface area contributed by atoms with Gasteiger partial charge in [0.25, 0.3) is 0 Å². The normalized spacial score (nSPS) is 11.2. The topological polar surface area (TPSA) is 94.3 Å².